The second-order valence-corrected chi connectivity index (χ2v) is 7.70. The van der Waals surface area contributed by atoms with Gasteiger partial charge in [0.25, 0.3) is 0 Å². The Morgan fingerprint density at radius 3 is 0.250 bits per heavy atom. The standard InChI is InChI=1S/3K.5H3O4P.3H/c;;;5*1-5(2,3)4;;;/h;;;5*(H3,1,2,3,4);;;. The molecule has 0 radical (unpaired) electrons. The average Bonchev–Trinajstić information content (AvgIpc) is 1.79. The van der Waals surface area contributed by atoms with E-state index in [2.05, 4.69) is 0 Å². The van der Waals surface area contributed by atoms with Gasteiger partial charge in [0.15, 0.2) is 0 Å². The molecule has 20 nitrogen and oxygen atoms in total. The third-order valence-corrected chi connectivity index (χ3v) is 0. The maximum atomic E-state index is 8.88. The Morgan fingerprint density at radius 2 is 0.250 bits per heavy atom. The van der Waals surface area contributed by atoms with Gasteiger partial charge in [-0.25, -0.2) is 22.8 Å². The van der Waals surface area contributed by atoms with E-state index >= 15 is 0 Å². The van der Waals surface area contributed by atoms with Crippen LogP contribution in [-0.4, -0.2) is 228 Å². The Hall–Kier alpha value is 5.46. The minimum absolute atomic E-state index is 0. The van der Waals surface area contributed by atoms with Crippen LogP contribution in [0.1, 0.15) is 0 Å². The van der Waals surface area contributed by atoms with Gasteiger partial charge in [0.1, 0.15) is 0 Å². The molecule has 0 bridgehead atoms. The van der Waals surface area contributed by atoms with E-state index in [0.29, 0.717) is 0 Å². The van der Waals surface area contributed by atoms with Crippen molar-refractivity contribution < 1.29 is 96.2 Å². The molecule has 0 heterocycles. The first-order valence-electron chi connectivity index (χ1n) is 3.91. The van der Waals surface area contributed by atoms with Crippen molar-refractivity contribution in [3.05, 3.63) is 0 Å². The van der Waals surface area contributed by atoms with E-state index in [-0.39, 0.29) is 154 Å². The molecule has 0 aliphatic carbocycles. The molecule has 28 heavy (non-hydrogen) atoms. The summed E-state index contributed by atoms with van der Waals surface area (Å²) >= 11 is 0. The summed E-state index contributed by atoms with van der Waals surface area (Å²) in [5, 5.41) is 0. The summed E-state index contributed by atoms with van der Waals surface area (Å²) in [5.41, 5.74) is 0. The van der Waals surface area contributed by atoms with Gasteiger partial charge >= 0.3 is 193 Å². The van der Waals surface area contributed by atoms with Crippen LogP contribution in [0.2, 0.25) is 0 Å². The third-order valence-electron chi connectivity index (χ3n) is 0. The molecule has 166 valence electrons. The quantitative estimate of drug-likeness (QED) is 0.0894. The van der Waals surface area contributed by atoms with Crippen molar-refractivity contribution in [2.24, 2.45) is 0 Å². The Bertz CT molecular complexity index is 379. The zero-order chi connectivity index (χ0) is 22.5. The molecule has 0 saturated carbocycles. The molecule has 0 rings (SSSR count). The van der Waals surface area contributed by atoms with Crippen LogP contribution in [0, 0.1) is 0 Å². The molecule has 28 heteroatoms. The Labute approximate surface area is 283 Å². The summed E-state index contributed by atoms with van der Waals surface area (Å²) in [6, 6.07) is 0. The van der Waals surface area contributed by atoms with E-state index in [1.807, 2.05) is 0 Å². The van der Waals surface area contributed by atoms with Crippen LogP contribution in [0.25, 0.3) is 0 Å². The first-order chi connectivity index (χ1) is 10.0. The topological polar surface area (TPSA) is 389 Å². The monoisotopic (exact) mass is 610 g/mol. The van der Waals surface area contributed by atoms with Crippen LogP contribution in [0.15, 0.2) is 0 Å². The second kappa shape index (κ2) is 25.5. The van der Waals surface area contributed by atoms with Crippen LogP contribution in [-0.2, 0) is 22.8 Å². The molecule has 0 aromatic heterocycles. The summed E-state index contributed by atoms with van der Waals surface area (Å²) in [6.45, 7) is 0. The molecule has 0 atom stereocenters. The number of rotatable bonds is 0. The molecule has 0 aromatic carbocycles. The summed E-state index contributed by atoms with van der Waals surface area (Å²) in [7, 11) is -23.2. The zero-order valence-corrected chi connectivity index (χ0v) is 15.5. The number of phosphoric acid groups is 5. The van der Waals surface area contributed by atoms with E-state index < -0.39 is 39.1 Å². The average molecular weight is 610 g/mol. The molecule has 0 aliphatic rings. The number of hydrogen-bond acceptors (Lipinski definition) is 5. The normalized spacial score (nSPS) is 10.5. The molecule has 0 amide bonds. The molecule has 0 unspecified atom stereocenters. The van der Waals surface area contributed by atoms with Crippen LogP contribution in [0.4, 0.5) is 0 Å². The van der Waals surface area contributed by atoms with Crippen LogP contribution in [0.3, 0.4) is 0 Å². The van der Waals surface area contributed by atoms with Gasteiger partial charge in [0, 0.05) is 0 Å². The zero-order valence-electron chi connectivity index (χ0n) is 11.0. The third kappa shape index (κ3) is 979. The summed E-state index contributed by atoms with van der Waals surface area (Å²) in [5.74, 6) is 0. The van der Waals surface area contributed by atoms with Crippen molar-refractivity contribution in [1.29, 1.82) is 0 Å². The van der Waals surface area contributed by atoms with Crippen molar-refractivity contribution >= 4 is 193 Å². The molecular weight excluding hydrogens is 592 g/mol. The Kier molecular flexibility index (Phi) is 49.6. The molecule has 15 N–H and O–H groups in total. The second-order valence-electron chi connectivity index (χ2n) is 2.57. The molecule has 0 aliphatic heterocycles. The summed E-state index contributed by atoms with van der Waals surface area (Å²) < 4.78 is 44.4. The van der Waals surface area contributed by atoms with Crippen molar-refractivity contribution in [3.8, 4) is 0 Å². The molecule has 0 spiro atoms. The Morgan fingerprint density at radius 1 is 0.250 bits per heavy atom. The fourth-order valence-electron chi connectivity index (χ4n) is 0. The first-order valence-corrected chi connectivity index (χ1v) is 11.7. The van der Waals surface area contributed by atoms with Gasteiger partial charge in [-0.1, -0.05) is 0 Å². The van der Waals surface area contributed by atoms with Gasteiger partial charge in [-0.15, -0.1) is 0 Å². The fourth-order valence-corrected chi connectivity index (χ4v) is 0. The van der Waals surface area contributed by atoms with E-state index in [4.69, 9.17) is 96.2 Å². The van der Waals surface area contributed by atoms with E-state index in [0.717, 1.165) is 0 Å². The Balaban J connectivity index is -0.0000000290. The van der Waals surface area contributed by atoms with E-state index in [9.17, 15) is 0 Å². The van der Waals surface area contributed by atoms with Gasteiger partial charge in [-0.2, -0.15) is 0 Å². The maximum absolute atomic E-state index is 8.88. The molecule has 0 fully saturated rings. The van der Waals surface area contributed by atoms with Gasteiger partial charge < -0.3 is 73.4 Å². The summed E-state index contributed by atoms with van der Waals surface area (Å²) in [6.07, 6.45) is 0. The SMILES string of the molecule is O=P(O)(O)O.O=P(O)(O)O.O=P(O)(O)O.O=P(O)(O)O.O=P(O)(O)O.[KH].[KH].[KH]. The molecule has 0 aromatic rings. The van der Waals surface area contributed by atoms with Crippen molar-refractivity contribution in [2.75, 3.05) is 0 Å². The van der Waals surface area contributed by atoms with E-state index in [1.54, 1.807) is 0 Å². The van der Waals surface area contributed by atoms with Gasteiger partial charge in [-0.3, -0.25) is 0 Å². The predicted molar refractivity (Wildman–Crippen MR) is 92.8 cm³/mol. The van der Waals surface area contributed by atoms with E-state index in [1.165, 1.54) is 0 Å². The predicted octanol–water partition coefficient (Wildman–Crippen LogP) is -6.59. The first kappa shape index (κ1) is 54.4. The minimum atomic E-state index is -4.64. The summed E-state index contributed by atoms with van der Waals surface area (Å²) in [4.78, 5) is 108. The number of hydrogen-bond donors (Lipinski definition) is 15. The molecular formula is H18K3O20P5. The van der Waals surface area contributed by atoms with Gasteiger partial charge in [0.05, 0.1) is 0 Å². The van der Waals surface area contributed by atoms with Gasteiger partial charge in [-0.05, 0) is 0 Å². The van der Waals surface area contributed by atoms with Crippen LogP contribution >= 0.6 is 39.1 Å². The van der Waals surface area contributed by atoms with Crippen LogP contribution in [0.5, 0.6) is 0 Å². The van der Waals surface area contributed by atoms with Crippen molar-refractivity contribution in [3.63, 3.8) is 0 Å². The van der Waals surface area contributed by atoms with Gasteiger partial charge in [0.2, 0.25) is 0 Å². The fraction of sp³-hybridized carbons (Fsp3) is 0. The van der Waals surface area contributed by atoms with Crippen molar-refractivity contribution in [1.82, 2.24) is 0 Å². The molecule has 0 saturated heterocycles. The van der Waals surface area contributed by atoms with Crippen molar-refractivity contribution in [2.45, 2.75) is 0 Å². The van der Waals surface area contributed by atoms with Crippen LogP contribution < -0.4 is 0 Å².